The first kappa shape index (κ1) is 14.8. The zero-order valence-corrected chi connectivity index (χ0v) is 14.2. The zero-order chi connectivity index (χ0) is 16.5. The summed E-state index contributed by atoms with van der Waals surface area (Å²) in [6.45, 7) is 4.90. The molecule has 4 rings (SSSR count). The number of nitrogens with zero attached hydrogens (tertiary/aromatic N) is 5. The van der Waals surface area contributed by atoms with Gasteiger partial charge in [0.05, 0.1) is 9.71 Å². The van der Waals surface area contributed by atoms with E-state index < -0.39 is 0 Å². The molecule has 0 saturated carbocycles. The molecule has 7 heteroatoms. The monoisotopic (exact) mass is 336 g/mol. The standard InChI is InChI=1S/C17H16N6S/c1-3-23-8-6-14(22-23)21-17-15-16(24-11(2)20-15)13(10-19-17)12-5-4-7-18-9-12/h4-10H,3H2,1-2H3,(H,19,21,22). The number of hydrogen-bond acceptors (Lipinski definition) is 6. The van der Waals surface area contributed by atoms with Crippen LogP contribution in [-0.2, 0) is 6.54 Å². The fourth-order valence-corrected chi connectivity index (χ4v) is 3.52. The van der Waals surface area contributed by atoms with Gasteiger partial charge in [-0.15, -0.1) is 11.3 Å². The second-order valence-electron chi connectivity index (χ2n) is 5.35. The molecule has 0 saturated heterocycles. The van der Waals surface area contributed by atoms with Gasteiger partial charge in [-0.2, -0.15) is 5.10 Å². The van der Waals surface area contributed by atoms with Crippen LogP contribution in [-0.4, -0.2) is 24.7 Å². The Balaban J connectivity index is 1.81. The molecule has 0 bridgehead atoms. The Labute approximate surface area is 143 Å². The Bertz CT molecular complexity index is 989. The Morgan fingerprint density at radius 2 is 2.17 bits per heavy atom. The predicted octanol–water partition coefficient (Wildman–Crippen LogP) is 4.02. The van der Waals surface area contributed by atoms with Crippen LogP contribution in [0.5, 0.6) is 0 Å². The van der Waals surface area contributed by atoms with Crippen LogP contribution in [0.15, 0.2) is 43.0 Å². The van der Waals surface area contributed by atoms with Crippen molar-refractivity contribution in [1.29, 1.82) is 0 Å². The number of rotatable bonds is 4. The van der Waals surface area contributed by atoms with Crippen molar-refractivity contribution in [2.24, 2.45) is 0 Å². The summed E-state index contributed by atoms with van der Waals surface area (Å²) in [7, 11) is 0. The van der Waals surface area contributed by atoms with Gasteiger partial charge in [-0.25, -0.2) is 9.97 Å². The molecule has 120 valence electrons. The highest BCUT2D eigenvalue weighted by molar-refractivity contribution is 7.19. The van der Waals surface area contributed by atoms with E-state index in [-0.39, 0.29) is 0 Å². The molecule has 4 heterocycles. The quantitative estimate of drug-likeness (QED) is 0.609. The summed E-state index contributed by atoms with van der Waals surface area (Å²) < 4.78 is 2.98. The van der Waals surface area contributed by atoms with Crippen molar-refractivity contribution in [3.8, 4) is 11.1 Å². The molecule has 24 heavy (non-hydrogen) atoms. The smallest absolute Gasteiger partial charge is 0.159 e. The predicted molar refractivity (Wildman–Crippen MR) is 96.6 cm³/mol. The van der Waals surface area contributed by atoms with Crippen LogP contribution in [0.1, 0.15) is 11.9 Å². The minimum absolute atomic E-state index is 0.725. The highest BCUT2D eigenvalue weighted by Crippen LogP contribution is 2.35. The van der Waals surface area contributed by atoms with Crippen molar-refractivity contribution in [2.45, 2.75) is 20.4 Å². The number of fused-ring (bicyclic) bond motifs is 1. The number of aromatic nitrogens is 5. The van der Waals surface area contributed by atoms with Gasteiger partial charge < -0.3 is 5.32 Å². The third-order valence-electron chi connectivity index (χ3n) is 3.71. The van der Waals surface area contributed by atoms with Crippen molar-refractivity contribution in [1.82, 2.24) is 24.7 Å². The fourth-order valence-electron chi connectivity index (χ4n) is 2.56. The van der Waals surface area contributed by atoms with Gasteiger partial charge in [0.2, 0.25) is 0 Å². The molecule has 4 aromatic heterocycles. The zero-order valence-electron chi connectivity index (χ0n) is 13.4. The van der Waals surface area contributed by atoms with Crippen LogP contribution in [0.2, 0.25) is 0 Å². The van der Waals surface area contributed by atoms with Gasteiger partial charge in [0, 0.05) is 48.5 Å². The molecule has 0 amide bonds. The molecule has 0 fully saturated rings. The van der Waals surface area contributed by atoms with Crippen LogP contribution in [0, 0.1) is 6.92 Å². The van der Waals surface area contributed by atoms with E-state index in [2.05, 4.69) is 32.3 Å². The first-order valence-electron chi connectivity index (χ1n) is 7.71. The van der Waals surface area contributed by atoms with Gasteiger partial charge in [0.15, 0.2) is 11.6 Å². The highest BCUT2D eigenvalue weighted by atomic mass is 32.1. The number of anilines is 2. The SMILES string of the molecule is CCn1ccc(Nc2ncc(-c3cccnc3)c3sc(C)nc23)n1. The van der Waals surface area contributed by atoms with Crippen LogP contribution >= 0.6 is 11.3 Å². The maximum atomic E-state index is 4.66. The summed E-state index contributed by atoms with van der Waals surface area (Å²) in [5.41, 5.74) is 2.96. The third-order valence-corrected chi connectivity index (χ3v) is 4.71. The van der Waals surface area contributed by atoms with Crippen LogP contribution in [0.4, 0.5) is 11.6 Å². The fraction of sp³-hybridized carbons (Fsp3) is 0.176. The molecule has 0 aliphatic heterocycles. The van der Waals surface area contributed by atoms with Crippen LogP contribution in [0.25, 0.3) is 21.3 Å². The highest BCUT2D eigenvalue weighted by Gasteiger charge is 2.14. The lowest BCUT2D eigenvalue weighted by atomic mass is 10.1. The second-order valence-corrected chi connectivity index (χ2v) is 6.56. The molecule has 6 nitrogen and oxygen atoms in total. The van der Waals surface area contributed by atoms with E-state index in [1.54, 1.807) is 17.5 Å². The molecule has 0 aliphatic rings. The van der Waals surface area contributed by atoms with Crippen LogP contribution in [0.3, 0.4) is 0 Å². The number of thiazole rings is 1. The topological polar surface area (TPSA) is 68.5 Å². The van der Waals surface area contributed by atoms with Crippen LogP contribution < -0.4 is 5.32 Å². The molecule has 0 radical (unpaired) electrons. The van der Waals surface area contributed by atoms with Gasteiger partial charge in [0.25, 0.3) is 0 Å². The Morgan fingerprint density at radius 1 is 1.25 bits per heavy atom. The van der Waals surface area contributed by atoms with Gasteiger partial charge in [0.1, 0.15) is 5.52 Å². The molecule has 1 N–H and O–H groups in total. The minimum atomic E-state index is 0.725. The van der Waals surface area contributed by atoms with E-state index in [0.29, 0.717) is 0 Å². The lowest BCUT2D eigenvalue weighted by Gasteiger charge is -2.07. The Kier molecular flexibility index (Phi) is 3.70. The van der Waals surface area contributed by atoms with E-state index >= 15 is 0 Å². The number of pyridine rings is 2. The second kappa shape index (κ2) is 6.01. The summed E-state index contributed by atoms with van der Waals surface area (Å²) >= 11 is 1.66. The average Bonchev–Trinajstić information content (AvgIpc) is 3.22. The maximum absolute atomic E-state index is 4.66. The molecule has 0 unspecified atom stereocenters. The summed E-state index contributed by atoms with van der Waals surface area (Å²) in [5, 5.41) is 8.73. The Hall–Kier alpha value is -2.80. The lowest BCUT2D eigenvalue weighted by Crippen LogP contribution is -1.99. The summed E-state index contributed by atoms with van der Waals surface area (Å²) in [5.74, 6) is 1.49. The number of hydrogen-bond donors (Lipinski definition) is 1. The van der Waals surface area contributed by atoms with E-state index in [0.717, 1.165) is 44.5 Å². The lowest BCUT2D eigenvalue weighted by molar-refractivity contribution is 0.662. The summed E-state index contributed by atoms with van der Waals surface area (Å²) in [6.07, 6.45) is 7.43. The van der Waals surface area contributed by atoms with Gasteiger partial charge in [-0.05, 0) is 19.9 Å². The number of aryl methyl sites for hydroxylation is 2. The third kappa shape index (κ3) is 2.63. The first-order chi connectivity index (χ1) is 11.7. The van der Waals surface area contributed by atoms with Crippen molar-refractivity contribution in [3.05, 3.63) is 48.0 Å². The first-order valence-corrected chi connectivity index (χ1v) is 8.53. The normalized spacial score (nSPS) is 11.1. The largest absolute Gasteiger partial charge is 0.322 e. The van der Waals surface area contributed by atoms with Crippen molar-refractivity contribution in [3.63, 3.8) is 0 Å². The van der Waals surface area contributed by atoms with Gasteiger partial charge in [-0.3, -0.25) is 9.67 Å². The Morgan fingerprint density at radius 3 is 2.92 bits per heavy atom. The van der Waals surface area contributed by atoms with Gasteiger partial charge >= 0.3 is 0 Å². The summed E-state index contributed by atoms with van der Waals surface area (Å²) in [6, 6.07) is 5.90. The van der Waals surface area contributed by atoms with E-state index in [4.69, 9.17) is 0 Å². The molecule has 0 spiro atoms. The molecule has 0 atom stereocenters. The average molecular weight is 336 g/mol. The molecular formula is C17H16N6S. The molecule has 0 aliphatic carbocycles. The van der Waals surface area contributed by atoms with Crippen molar-refractivity contribution < 1.29 is 0 Å². The van der Waals surface area contributed by atoms with Crippen molar-refractivity contribution >= 4 is 33.2 Å². The maximum Gasteiger partial charge on any atom is 0.159 e. The van der Waals surface area contributed by atoms with Crippen molar-refractivity contribution in [2.75, 3.05) is 5.32 Å². The molecule has 0 aromatic carbocycles. The van der Waals surface area contributed by atoms with E-state index in [1.165, 1.54) is 0 Å². The van der Waals surface area contributed by atoms with Gasteiger partial charge in [-0.1, -0.05) is 6.07 Å². The minimum Gasteiger partial charge on any atom is -0.322 e. The molecule has 4 aromatic rings. The van der Waals surface area contributed by atoms with E-state index in [9.17, 15) is 0 Å². The number of nitrogens with one attached hydrogen (secondary N) is 1. The molecular weight excluding hydrogens is 320 g/mol. The van der Waals surface area contributed by atoms with E-state index in [1.807, 2.05) is 48.4 Å². The summed E-state index contributed by atoms with van der Waals surface area (Å²) in [4.78, 5) is 13.4.